The first-order valence-corrected chi connectivity index (χ1v) is 6.80. The van der Waals surface area contributed by atoms with Gasteiger partial charge in [0.25, 0.3) is 0 Å². The summed E-state index contributed by atoms with van der Waals surface area (Å²) in [6.07, 6.45) is -1.60. The van der Waals surface area contributed by atoms with Crippen LogP contribution >= 0.6 is 0 Å². The lowest BCUT2D eigenvalue weighted by Gasteiger charge is -2.08. The summed E-state index contributed by atoms with van der Waals surface area (Å²) in [5.74, 6) is 0. The molecule has 0 aliphatic rings. The average molecular weight is 284 g/mol. The van der Waals surface area contributed by atoms with Crippen molar-refractivity contribution in [3.05, 3.63) is 36.0 Å². The van der Waals surface area contributed by atoms with E-state index >= 15 is 0 Å². The molecule has 5 heteroatoms. The minimum atomic E-state index is -4.13. The maximum Gasteiger partial charge on any atom is 0.390 e. The number of alkyl halides is 3. The summed E-state index contributed by atoms with van der Waals surface area (Å²) in [5.41, 5.74) is 7.83. The SMILES string of the molecule is CCC(N)Cc1cn(CCC(F)(F)F)c2ccccc12. The first kappa shape index (κ1) is 14.9. The Balaban J connectivity index is 2.30. The highest BCUT2D eigenvalue weighted by Gasteiger charge is 2.27. The molecule has 2 nitrogen and oxygen atoms in total. The molecule has 1 atom stereocenters. The van der Waals surface area contributed by atoms with Crippen LogP contribution < -0.4 is 5.73 Å². The van der Waals surface area contributed by atoms with E-state index in [0.29, 0.717) is 6.42 Å². The molecular weight excluding hydrogens is 265 g/mol. The molecule has 0 fully saturated rings. The second-order valence-corrected chi connectivity index (χ2v) is 5.10. The third-order valence-corrected chi connectivity index (χ3v) is 3.51. The van der Waals surface area contributed by atoms with Crippen LogP contribution in [-0.2, 0) is 13.0 Å². The molecule has 0 radical (unpaired) electrons. The molecule has 1 aromatic carbocycles. The number of nitrogens with two attached hydrogens (primary N) is 1. The van der Waals surface area contributed by atoms with Crippen molar-refractivity contribution in [3.8, 4) is 0 Å². The Morgan fingerprint density at radius 2 is 1.95 bits per heavy atom. The molecule has 1 heterocycles. The maximum absolute atomic E-state index is 12.4. The lowest BCUT2D eigenvalue weighted by Crippen LogP contribution is -2.21. The predicted molar refractivity (Wildman–Crippen MR) is 74.6 cm³/mol. The van der Waals surface area contributed by atoms with Crippen molar-refractivity contribution in [2.75, 3.05) is 0 Å². The van der Waals surface area contributed by atoms with E-state index in [-0.39, 0.29) is 12.6 Å². The number of nitrogens with zero attached hydrogens (tertiary/aromatic N) is 1. The average Bonchev–Trinajstić information content (AvgIpc) is 2.74. The zero-order valence-electron chi connectivity index (χ0n) is 11.5. The van der Waals surface area contributed by atoms with E-state index in [9.17, 15) is 13.2 Å². The van der Waals surface area contributed by atoms with Crippen molar-refractivity contribution in [2.45, 2.75) is 44.9 Å². The molecule has 0 bridgehead atoms. The minimum Gasteiger partial charge on any atom is -0.347 e. The molecule has 0 saturated heterocycles. The molecule has 20 heavy (non-hydrogen) atoms. The van der Waals surface area contributed by atoms with E-state index in [1.165, 1.54) is 0 Å². The standard InChI is InChI=1S/C15H19F3N2/c1-2-12(19)9-11-10-20(8-7-15(16,17)18)14-6-4-3-5-13(11)14/h3-6,10,12H,2,7-9,19H2,1H3. The summed E-state index contributed by atoms with van der Waals surface area (Å²) < 4.78 is 38.8. The topological polar surface area (TPSA) is 30.9 Å². The molecule has 0 saturated carbocycles. The fourth-order valence-corrected chi connectivity index (χ4v) is 2.34. The van der Waals surface area contributed by atoms with Crippen molar-refractivity contribution in [2.24, 2.45) is 5.73 Å². The van der Waals surface area contributed by atoms with Crippen LogP contribution in [0.4, 0.5) is 13.2 Å². The number of para-hydroxylation sites is 1. The summed E-state index contributed by atoms with van der Waals surface area (Å²) in [7, 11) is 0. The summed E-state index contributed by atoms with van der Waals surface area (Å²) >= 11 is 0. The zero-order chi connectivity index (χ0) is 14.8. The molecule has 2 N–H and O–H groups in total. The lowest BCUT2D eigenvalue weighted by molar-refractivity contribution is -0.136. The first-order chi connectivity index (χ1) is 9.40. The number of hydrogen-bond donors (Lipinski definition) is 1. The van der Waals surface area contributed by atoms with Gasteiger partial charge < -0.3 is 10.3 Å². The van der Waals surface area contributed by atoms with Crippen LogP contribution in [0, 0.1) is 0 Å². The van der Waals surface area contributed by atoms with Gasteiger partial charge in [-0.3, -0.25) is 0 Å². The molecule has 2 rings (SSSR count). The highest BCUT2D eigenvalue weighted by atomic mass is 19.4. The second-order valence-electron chi connectivity index (χ2n) is 5.10. The first-order valence-electron chi connectivity index (χ1n) is 6.80. The second kappa shape index (κ2) is 5.87. The third-order valence-electron chi connectivity index (χ3n) is 3.51. The van der Waals surface area contributed by atoms with Crippen LogP contribution in [0.1, 0.15) is 25.3 Å². The third kappa shape index (κ3) is 3.54. The van der Waals surface area contributed by atoms with Gasteiger partial charge in [0.05, 0.1) is 6.42 Å². The van der Waals surface area contributed by atoms with Crippen LogP contribution in [0.25, 0.3) is 10.9 Å². The number of benzene rings is 1. The van der Waals surface area contributed by atoms with Crippen molar-refractivity contribution in [1.82, 2.24) is 4.57 Å². The molecule has 1 unspecified atom stereocenters. The highest BCUT2D eigenvalue weighted by molar-refractivity contribution is 5.84. The van der Waals surface area contributed by atoms with Gasteiger partial charge in [0.1, 0.15) is 0 Å². The molecule has 0 amide bonds. The quantitative estimate of drug-likeness (QED) is 0.887. The van der Waals surface area contributed by atoms with Crippen LogP contribution in [0.5, 0.6) is 0 Å². The molecule has 0 aliphatic heterocycles. The van der Waals surface area contributed by atoms with Gasteiger partial charge in [0.15, 0.2) is 0 Å². The number of aromatic nitrogens is 1. The van der Waals surface area contributed by atoms with E-state index in [4.69, 9.17) is 5.73 Å². The molecule has 1 aromatic heterocycles. The van der Waals surface area contributed by atoms with Crippen LogP contribution in [0.15, 0.2) is 30.5 Å². The van der Waals surface area contributed by atoms with Gasteiger partial charge in [-0.2, -0.15) is 13.2 Å². The molecular formula is C15H19F3N2. The molecule has 110 valence electrons. The Kier molecular flexibility index (Phi) is 4.38. The highest BCUT2D eigenvalue weighted by Crippen LogP contribution is 2.26. The van der Waals surface area contributed by atoms with Crippen LogP contribution in [0.2, 0.25) is 0 Å². The number of rotatable bonds is 5. The zero-order valence-corrected chi connectivity index (χ0v) is 11.5. The van der Waals surface area contributed by atoms with E-state index in [1.807, 2.05) is 37.4 Å². The van der Waals surface area contributed by atoms with Gasteiger partial charge in [-0.25, -0.2) is 0 Å². The molecule has 0 aliphatic carbocycles. The molecule has 2 aromatic rings. The van der Waals surface area contributed by atoms with E-state index < -0.39 is 12.6 Å². The fourth-order valence-electron chi connectivity index (χ4n) is 2.34. The number of aryl methyl sites for hydroxylation is 1. The Hall–Kier alpha value is -1.49. The van der Waals surface area contributed by atoms with Crippen molar-refractivity contribution >= 4 is 10.9 Å². The van der Waals surface area contributed by atoms with Crippen LogP contribution in [0.3, 0.4) is 0 Å². The Morgan fingerprint density at radius 1 is 1.25 bits per heavy atom. The summed E-state index contributed by atoms with van der Waals surface area (Å²) in [6.45, 7) is 1.96. The van der Waals surface area contributed by atoms with Gasteiger partial charge in [-0.15, -0.1) is 0 Å². The maximum atomic E-state index is 12.4. The smallest absolute Gasteiger partial charge is 0.347 e. The molecule has 0 spiro atoms. The monoisotopic (exact) mass is 284 g/mol. The number of fused-ring (bicyclic) bond motifs is 1. The minimum absolute atomic E-state index is 0.0388. The van der Waals surface area contributed by atoms with Crippen molar-refractivity contribution < 1.29 is 13.2 Å². The van der Waals surface area contributed by atoms with Crippen LogP contribution in [-0.4, -0.2) is 16.8 Å². The van der Waals surface area contributed by atoms with Gasteiger partial charge in [-0.1, -0.05) is 25.1 Å². The van der Waals surface area contributed by atoms with Gasteiger partial charge in [0.2, 0.25) is 0 Å². The van der Waals surface area contributed by atoms with E-state index in [0.717, 1.165) is 22.9 Å². The summed E-state index contributed by atoms with van der Waals surface area (Å²) in [4.78, 5) is 0. The summed E-state index contributed by atoms with van der Waals surface area (Å²) in [6, 6.07) is 7.58. The Labute approximate surface area is 116 Å². The van der Waals surface area contributed by atoms with E-state index in [1.54, 1.807) is 4.57 Å². The largest absolute Gasteiger partial charge is 0.390 e. The normalized spacial score (nSPS) is 13.8. The Morgan fingerprint density at radius 3 is 2.60 bits per heavy atom. The lowest BCUT2D eigenvalue weighted by atomic mass is 10.0. The Bertz CT molecular complexity index is 572. The predicted octanol–water partition coefficient (Wildman–Crippen LogP) is 3.87. The van der Waals surface area contributed by atoms with Gasteiger partial charge in [-0.05, 0) is 24.5 Å². The van der Waals surface area contributed by atoms with Crippen molar-refractivity contribution in [3.63, 3.8) is 0 Å². The van der Waals surface area contributed by atoms with Gasteiger partial charge in [0, 0.05) is 29.7 Å². The fraction of sp³-hybridized carbons (Fsp3) is 0.467. The van der Waals surface area contributed by atoms with Gasteiger partial charge >= 0.3 is 6.18 Å². The van der Waals surface area contributed by atoms with E-state index in [2.05, 4.69) is 0 Å². The number of hydrogen-bond acceptors (Lipinski definition) is 1. The van der Waals surface area contributed by atoms with Crippen molar-refractivity contribution in [1.29, 1.82) is 0 Å². The summed E-state index contributed by atoms with van der Waals surface area (Å²) in [5, 5.41) is 0.999. The number of halogens is 3.